The second-order valence-corrected chi connectivity index (χ2v) is 7.01. The summed E-state index contributed by atoms with van der Waals surface area (Å²) < 4.78 is 0. The topological polar surface area (TPSA) is 0 Å². The zero-order valence-electron chi connectivity index (χ0n) is 13.6. The third kappa shape index (κ3) is 2.95. The van der Waals surface area contributed by atoms with Crippen LogP contribution in [0.3, 0.4) is 0 Å². The maximum atomic E-state index is 2.40. The van der Waals surface area contributed by atoms with E-state index in [1.807, 2.05) is 0 Å². The van der Waals surface area contributed by atoms with Gasteiger partial charge in [0, 0.05) is 0 Å². The fourth-order valence-corrected chi connectivity index (χ4v) is 2.77. The Kier molecular flexibility index (Phi) is 4.04. The largest absolute Gasteiger partial charge is 0.0622 e. The minimum absolute atomic E-state index is 0.179. The molecule has 2 aromatic rings. The van der Waals surface area contributed by atoms with Crippen molar-refractivity contribution in [3.63, 3.8) is 0 Å². The molecule has 0 spiro atoms. The quantitative estimate of drug-likeness (QED) is 0.617. The normalized spacial score (nSPS) is 11.9. The van der Waals surface area contributed by atoms with Gasteiger partial charge in [0.25, 0.3) is 0 Å². The van der Waals surface area contributed by atoms with E-state index in [1.165, 1.54) is 27.8 Å². The van der Waals surface area contributed by atoms with Crippen molar-refractivity contribution < 1.29 is 0 Å². The molecule has 0 aliphatic carbocycles. The molecule has 0 N–H and O–H groups in total. The molecule has 0 nitrogen and oxygen atoms in total. The maximum Gasteiger partial charge on any atom is -0.0129 e. The number of hydrogen-bond acceptors (Lipinski definition) is 0. The van der Waals surface area contributed by atoms with Crippen LogP contribution in [0.5, 0.6) is 0 Å². The van der Waals surface area contributed by atoms with Crippen LogP contribution in [0.2, 0.25) is 0 Å². The predicted molar refractivity (Wildman–Crippen MR) is 89.4 cm³/mol. The first-order chi connectivity index (χ1) is 9.30. The molecular formula is C20H26. The Balaban J connectivity index is 2.71. The highest BCUT2D eigenvalue weighted by molar-refractivity contribution is 5.70. The van der Waals surface area contributed by atoms with E-state index in [4.69, 9.17) is 0 Å². The Bertz CT molecular complexity index is 583. The standard InChI is InChI=1S/C20H26/c1-14(2)17-12-18(16-10-8-7-9-11-16)15(3)19(13-17)20(4,5)6/h7-14H,1-6H3. The van der Waals surface area contributed by atoms with E-state index in [0.29, 0.717) is 5.92 Å². The molecule has 0 aliphatic heterocycles. The second-order valence-electron chi connectivity index (χ2n) is 7.01. The lowest BCUT2D eigenvalue weighted by Gasteiger charge is -2.26. The summed E-state index contributed by atoms with van der Waals surface area (Å²) in [5, 5.41) is 0. The molecule has 0 radical (unpaired) electrons. The van der Waals surface area contributed by atoms with Crippen LogP contribution in [-0.2, 0) is 5.41 Å². The lowest BCUT2D eigenvalue weighted by molar-refractivity contribution is 0.584. The van der Waals surface area contributed by atoms with E-state index in [0.717, 1.165) is 0 Å². The monoisotopic (exact) mass is 266 g/mol. The molecule has 0 heterocycles. The van der Waals surface area contributed by atoms with E-state index in [1.54, 1.807) is 0 Å². The molecule has 2 aromatic carbocycles. The van der Waals surface area contributed by atoms with E-state index in [2.05, 4.69) is 84.0 Å². The Morgan fingerprint density at radius 2 is 1.50 bits per heavy atom. The summed E-state index contributed by atoms with van der Waals surface area (Å²) in [6.07, 6.45) is 0. The zero-order valence-corrected chi connectivity index (χ0v) is 13.6. The third-order valence-electron chi connectivity index (χ3n) is 3.99. The van der Waals surface area contributed by atoms with Crippen molar-refractivity contribution >= 4 is 0 Å². The van der Waals surface area contributed by atoms with Gasteiger partial charge < -0.3 is 0 Å². The summed E-state index contributed by atoms with van der Waals surface area (Å²) >= 11 is 0. The Morgan fingerprint density at radius 1 is 0.900 bits per heavy atom. The highest BCUT2D eigenvalue weighted by Gasteiger charge is 2.20. The molecule has 0 atom stereocenters. The summed E-state index contributed by atoms with van der Waals surface area (Å²) in [7, 11) is 0. The molecule has 0 unspecified atom stereocenters. The van der Waals surface area contributed by atoms with Crippen molar-refractivity contribution in [1.82, 2.24) is 0 Å². The van der Waals surface area contributed by atoms with Crippen LogP contribution in [0.15, 0.2) is 42.5 Å². The van der Waals surface area contributed by atoms with Gasteiger partial charge in [0.15, 0.2) is 0 Å². The lowest BCUT2D eigenvalue weighted by Crippen LogP contribution is -2.14. The predicted octanol–water partition coefficient (Wildman–Crippen LogP) is 6.08. The van der Waals surface area contributed by atoms with Gasteiger partial charge in [-0.1, -0.05) is 77.1 Å². The van der Waals surface area contributed by atoms with Gasteiger partial charge in [-0.25, -0.2) is 0 Å². The Morgan fingerprint density at radius 3 is 2.00 bits per heavy atom. The summed E-state index contributed by atoms with van der Waals surface area (Å²) in [6, 6.07) is 15.5. The van der Waals surface area contributed by atoms with Crippen molar-refractivity contribution in [2.75, 3.05) is 0 Å². The molecule has 106 valence electrons. The van der Waals surface area contributed by atoms with Crippen molar-refractivity contribution in [2.45, 2.75) is 52.9 Å². The fourth-order valence-electron chi connectivity index (χ4n) is 2.77. The molecule has 0 aliphatic rings. The van der Waals surface area contributed by atoms with Crippen LogP contribution >= 0.6 is 0 Å². The molecule has 0 bridgehead atoms. The van der Waals surface area contributed by atoms with Crippen LogP contribution in [0.25, 0.3) is 11.1 Å². The van der Waals surface area contributed by atoms with E-state index >= 15 is 0 Å². The fraction of sp³-hybridized carbons (Fsp3) is 0.400. The van der Waals surface area contributed by atoms with Gasteiger partial charge in [0.2, 0.25) is 0 Å². The minimum atomic E-state index is 0.179. The zero-order chi connectivity index (χ0) is 14.9. The van der Waals surface area contributed by atoms with E-state index in [9.17, 15) is 0 Å². The average molecular weight is 266 g/mol. The smallest absolute Gasteiger partial charge is 0.0129 e. The van der Waals surface area contributed by atoms with Gasteiger partial charge in [-0.05, 0) is 46.1 Å². The van der Waals surface area contributed by atoms with Crippen molar-refractivity contribution in [3.8, 4) is 11.1 Å². The van der Waals surface area contributed by atoms with Gasteiger partial charge in [-0.2, -0.15) is 0 Å². The number of benzene rings is 2. The van der Waals surface area contributed by atoms with Gasteiger partial charge in [0.05, 0.1) is 0 Å². The molecular weight excluding hydrogens is 240 g/mol. The maximum absolute atomic E-state index is 2.40. The van der Waals surface area contributed by atoms with E-state index in [-0.39, 0.29) is 5.41 Å². The highest BCUT2D eigenvalue weighted by Crippen LogP contribution is 2.35. The van der Waals surface area contributed by atoms with Crippen molar-refractivity contribution in [3.05, 3.63) is 59.2 Å². The Hall–Kier alpha value is -1.56. The summed E-state index contributed by atoms with van der Waals surface area (Å²) in [4.78, 5) is 0. The first-order valence-corrected chi connectivity index (χ1v) is 7.51. The van der Waals surface area contributed by atoms with Crippen LogP contribution in [-0.4, -0.2) is 0 Å². The van der Waals surface area contributed by atoms with Gasteiger partial charge in [0.1, 0.15) is 0 Å². The van der Waals surface area contributed by atoms with Crippen LogP contribution < -0.4 is 0 Å². The molecule has 20 heavy (non-hydrogen) atoms. The first-order valence-electron chi connectivity index (χ1n) is 7.51. The van der Waals surface area contributed by atoms with Crippen LogP contribution in [0.4, 0.5) is 0 Å². The van der Waals surface area contributed by atoms with Gasteiger partial charge >= 0.3 is 0 Å². The Labute approximate surface area is 123 Å². The molecule has 0 aromatic heterocycles. The van der Waals surface area contributed by atoms with Crippen molar-refractivity contribution in [2.24, 2.45) is 0 Å². The number of rotatable bonds is 2. The highest BCUT2D eigenvalue weighted by atomic mass is 14.2. The lowest BCUT2D eigenvalue weighted by atomic mass is 9.79. The van der Waals surface area contributed by atoms with Gasteiger partial charge in [-0.3, -0.25) is 0 Å². The molecule has 0 amide bonds. The summed E-state index contributed by atoms with van der Waals surface area (Å²) in [6.45, 7) is 13.7. The molecule has 2 rings (SSSR count). The SMILES string of the molecule is Cc1c(-c2ccccc2)cc(C(C)C)cc1C(C)(C)C. The first kappa shape index (κ1) is 14.8. The molecule has 0 fully saturated rings. The van der Waals surface area contributed by atoms with E-state index < -0.39 is 0 Å². The summed E-state index contributed by atoms with van der Waals surface area (Å²) in [5.74, 6) is 0.555. The van der Waals surface area contributed by atoms with Gasteiger partial charge in [-0.15, -0.1) is 0 Å². The molecule has 0 heteroatoms. The summed E-state index contributed by atoms with van der Waals surface area (Å²) in [5.41, 5.74) is 7.17. The minimum Gasteiger partial charge on any atom is -0.0622 e. The average Bonchev–Trinajstić information content (AvgIpc) is 2.38. The van der Waals surface area contributed by atoms with Crippen molar-refractivity contribution in [1.29, 1.82) is 0 Å². The third-order valence-corrected chi connectivity index (χ3v) is 3.99. The second kappa shape index (κ2) is 5.44. The molecule has 0 saturated heterocycles. The molecule has 0 saturated carbocycles. The van der Waals surface area contributed by atoms with Crippen LogP contribution in [0.1, 0.15) is 57.2 Å². The number of hydrogen-bond donors (Lipinski definition) is 0. The van der Waals surface area contributed by atoms with Crippen LogP contribution in [0, 0.1) is 6.92 Å².